The van der Waals surface area contributed by atoms with Crippen molar-refractivity contribution in [2.24, 2.45) is 11.8 Å². The Balaban J connectivity index is 2.02. The van der Waals surface area contributed by atoms with Gasteiger partial charge in [0.2, 0.25) is 0 Å². The zero-order valence-corrected chi connectivity index (χ0v) is 13.4. The van der Waals surface area contributed by atoms with Gasteiger partial charge in [-0.1, -0.05) is 43.6 Å². The number of carbonyl (C=O) groups is 1. The third kappa shape index (κ3) is 4.21. The van der Waals surface area contributed by atoms with E-state index in [1.807, 2.05) is 18.2 Å². The van der Waals surface area contributed by atoms with Crippen LogP contribution >= 0.6 is 11.6 Å². The fourth-order valence-electron chi connectivity index (χ4n) is 3.13. The van der Waals surface area contributed by atoms with Gasteiger partial charge in [0.15, 0.2) is 0 Å². The predicted octanol–water partition coefficient (Wildman–Crippen LogP) is 4.27. The summed E-state index contributed by atoms with van der Waals surface area (Å²) in [6.45, 7) is 4.37. The van der Waals surface area contributed by atoms with Crippen molar-refractivity contribution in [1.29, 1.82) is 0 Å². The van der Waals surface area contributed by atoms with Gasteiger partial charge in [0.25, 0.3) is 0 Å². The second kappa shape index (κ2) is 7.28. The quantitative estimate of drug-likeness (QED) is 0.854. The predicted molar refractivity (Wildman–Crippen MR) is 85.5 cm³/mol. The Bertz CT molecular complexity index is 481. The Hall–Kier alpha value is -1.06. The van der Waals surface area contributed by atoms with Crippen LogP contribution in [0.3, 0.4) is 0 Å². The maximum Gasteiger partial charge on any atom is 0.306 e. The van der Waals surface area contributed by atoms with Crippen LogP contribution in [0.5, 0.6) is 0 Å². The molecule has 0 radical (unpaired) electrons. The van der Waals surface area contributed by atoms with Gasteiger partial charge in [-0.15, -0.1) is 0 Å². The molecular formula is C17H24ClNO2. The minimum absolute atomic E-state index is 0.166. The second-order valence-electron chi connectivity index (χ2n) is 6.30. The van der Waals surface area contributed by atoms with Crippen molar-refractivity contribution in [2.45, 2.75) is 51.6 Å². The average Bonchev–Trinajstić information content (AvgIpc) is 2.46. The van der Waals surface area contributed by atoms with Crippen molar-refractivity contribution in [1.82, 2.24) is 5.32 Å². The topological polar surface area (TPSA) is 49.3 Å². The van der Waals surface area contributed by atoms with E-state index in [0.717, 1.165) is 36.3 Å². The van der Waals surface area contributed by atoms with E-state index in [0.29, 0.717) is 12.0 Å². The van der Waals surface area contributed by atoms with Gasteiger partial charge in [-0.25, -0.2) is 0 Å². The molecule has 1 aliphatic rings. The molecule has 0 bridgehead atoms. The van der Waals surface area contributed by atoms with Crippen LogP contribution in [-0.2, 0) is 4.79 Å². The van der Waals surface area contributed by atoms with Gasteiger partial charge in [-0.3, -0.25) is 4.79 Å². The molecule has 1 aromatic rings. The lowest BCUT2D eigenvalue weighted by atomic mass is 9.84. The van der Waals surface area contributed by atoms with Gasteiger partial charge in [-0.2, -0.15) is 0 Å². The van der Waals surface area contributed by atoms with Gasteiger partial charge in [-0.05, 0) is 43.2 Å². The lowest BCUT2D eigenvalue weighted by Gasteiger charge is -2.33. The highest BCUT2D eigenvalue weighted by Crippen LogP contribution is 2.31. The van der Waals surface area contributed by atoms with Crippen molar-refractivity contribution in [3.63, 3.8) is 0 Å². The molecule has 1 aliphatic carbocycles. The van der Waals surface area contributed by atoms with Gasteiger partial charge >= 0.3 is 5.97 Å². The first-order valence-corrected chi connectivity index (χ1v) is 8.10. The molecule has 3 nitrogen and oxygen atoms in total. The first-order valence-electron chi connectivity index (χ1n) is 7.72. The smallest absolute Gasteiger partial charge is 0.306 e. The van der Waals surface area contributed by atoms with Crippen LogP contribution in [0.1, 0.15) is 51.1 Å². The van der Waals surface area contributed by atoms with Crippen molar-refractivity contribution in [3.8, 4) is 0 Å². The summed E-state index contributed by atoms with van der Waals surface area (Å²) in [7, 11) is 0. The van der Waals surface area contributed by atoms with E-state index in [1.54, 1.807) is 0 Å². The van der Waals surface area contributed by atoms with E-state index < -0.39 is 5.97 Å². The van der Waals surface area contributed by atoms with Crippen LogP contribution in [0.2, 0.25) is 5.02 Å². The van der Waals surface area contributed by atoms with E-state index in [2.05, 4.69) is 25.2 Å². The molecule has 1 atom stereocenters. The summed E-state index contributed by atoms with van der Waals surface area (Å²) in [5.41, 5.74) is 1.13. The third-order valence-electron chi connectivity index (χ3n) is 4.40. The molecule has 0 aromatic heterocycles. The number of aliphatic carboxylic acids is 1. The van der Waals surface area contributed by atoms with Crippen LogP contribution in [-0.4, -0.2) is 17.1 Å². The summed E-state index contributed by atoms with van der Waals surface area (Å²) in [5, 5.41) is 13.6. The first-order chi connectivity index (χ1) is 9.99. The molecule has 0 aliphatic heterocycles. The average molecular weight is 310 g/mol. The van der Waals surface area contributed by atoms with Gasteiger partial charge in [0, 0.05) is 17.1 Å². The van der Waals surface area contributed by atoms with E-state index in [1.165, 1.54) is 0 Å². The SMILES string of the molecule is CC(C)C(NC1CCC(C(=O)O)CC1)c1ccccc1Cl. The number of benzene rings is 1. The fraction of sp³-hybridized carbons (Fsp3) is 0.588. The summed E-state index contributed by atoms with van der Waals surface area (Å²) in [4.78, 5) is 11.0. The molecule has 0 spiro atoms. The van der Waals surface area contributed by atoms with E-state index in [4.69, 9.17) is 16.7 Å². The number of carboxylic acids is 1. The summed E-state index contributed by atoms with van der Waals surface area (Å²) in [6.07, 6.45) is 3.37. The fourth-order valence-corrected chi connectivity index (χ4v) is 3.38. The van der Waals surface area contributed by atoms with Crippen LogP contribution < -0.4 is 5.32 Å². The highest BCUT2D eigenvalue weighted by molar-refractivity contribution is 6.31. The number of halogens is 1. The summed E-state index contributed by atoms with van der Waals surface area (Å²) < 4.78 is 0. The maximum atomic E-state index is 11.0. The van der Waals surface area contributed by atoms with Crippen molar-refractivity contribution < 1.29 is 9.90 Å². The number of rotatable bonds is 5. The van der Waals surface area contributed by atoms with Crippen molar-refractivity contribution in [2.75, 3.05) is 0 Å². The Morgan fingerprint density at radius 2 is 1.86 bits per heavy atom. The highest BCUT2D eigenvalue weighted by Gasteiger charge is 2.28. The molecule has 2 N–H and O–H groups in total. The number of carboxylic acid groups (broad SMARTS) is 1. The molecular weight excluding hydrogens is 286 g/mol. The Labute approximate surface area is 131 Å². The minimum Gasteiger partial charge on any atom is -0.481 e. The Morgan fingerprint density at radius 3 is 2.38 bits per heavy atom. The van der Waals surface area contributed by atoms with Gasteiger partial charge < -0.3 is 10.4 Å². The van der Waals surface area contributed by atoms with Gasteiger partial charge in [0.05, 0.1) is 5.92 Å². The maximum absolute atomic E-state index is 11.0. The normalized spacial score (nSPS) is 24.0. The van der Waals surface area contributed by atoms with Crippen molar-refractivity contribution >= 4 is 17.6 Å². The zero-order chi connectivity index (χ0) is 15.4. The van der Waals surface area contributed by atoms with E-state index >= 15 is 0 Å². The summed E-state index contributed by atoms with van der Waals surface area (Å²) in [6, 6.07) is 8.55. The zero-order valence-electron chi connectivity index (χ0n) is 12.7. The molecule has 0 amide bonds. The lowest BCUT2D eigenvalue weighted by molar-refractivity contribution is -0.142. The Morgan fingerprint density at radius 1 is 1.24 bits per heavy atom. The molecule has 1 unspecified atom stereocenters. The number of nitrogens with one attached hydrogen (secondary N) is 1. The van der Waals surface area contributed by atoms with Crippen LogP contribution in [0, 0.1) is 11.8 Å². The standard InChI is InChI=1S/C17H24ClNO2/c1-11(2)16(14-5-3-4-6-15(14)18)19-13-9-7-12(8-10-13)17(20)21/h3-6,11-13,16,19H,7-10H2,1-2H3,(H,20,21). The van der Waals surface area contributed by atoms with Crippen LogP contribution in [0.15, 0.2) is 24.3 Å². The summed E-state index contributed by atoms with van der Waals surface area (Å²) >= 11 is 6.33. The summed E-state index contributed by atoms with van der Waals surface area (Å²) in [5.74, 6) is -0.386. The molecule has 1 saturated carbocycles. The molecule has 4 heteroatoms. The molecule has 116 valence electrons. The number of hydrogen-bond donors (Lipinski definition) is 2. The second-order valence-corrected chi connectivity index (χ2v) is 6.70. The largest absolute Gasteiger partial charge is 0.481 e. The molecule has 21 heavy (non-hydrogen) atoms. The molecule has 1 fully saturated rings. The Kier molecular flexibility index (Phi) is 5.65. The van der Waals surface area contributed by atoms with E-state index in [-0.39, 0.29) is 12.0 Å². The third-order valence-corrected chi connectivity index (χ3v) is 4.74. The number of hydrogen-bond acceptors (Lipinski definition) is 2. The van der Waals surface area contributed by atoms with E-state index in [9.17, 15) is 4.79 Å². The molecule has 0 heterocycles. The van der Waals surface area contributed by atoms with Crippen molar-refractivity contribution in [3.05, 3.63) is 34.9 Å². The van der Waals surface area contributed by atoms with Gasteiger partial charge in [0.1, 0.15) is 0 Å². The molecule has 0 saturated heterocycles. The molecule has 2 rings (SSSR count). The highest BCUT2D eigenvalue weighted by atomic mass is 35.5. The minimum atomic E-state index is -0.653. The van der Waals surface area contributed by atoms with Crippen LogP contribution in [0.4, 0.5) is 0 Å². The first kappa shape index (κ1) is 16.3. The lowest BCUT2D eigenvalue weighted by Crippen LogP contribution is -2.39. The monoisotopic (exact) mass is 309 g/mol. The van der Waals surface area contributed by atoms with Crippen LogP contribution in [0.25, 0.3) is 0 Å². The molecule has 1 aromatic carbocycles.